The molecule has 1 saturated heterocycles. The first kappa shape index (κ1) is 14.4. The Labute approximate surface area is 112 Å². The van der Waals surface area contributed by atoms with Gasteiger partial charge in [0.25, 0.3) is 10.0 Å². The third-order valence-corrected chi connectivity index (χ3v) is 5.26. The molecule has 5 nitrogen and oxygen atoms in total. The Kier molecular flexibility index (Phi) is 4.17. The van der Waals surface area contributed by atoms with Crippen LogP contribution in [0.4, 0.5) is 4.39 Å². The Morgan fingerprint density at radius 2 is 2.26 bits per heavy atom. The lowest BCUT2D eigenvalue weighted by Crippen LogP contribution is -2.46. The number of sulfonamides is 1. The van der Waals surface area contributed by atoms with Crippen molar-refractivity contribution in [2.24, 2.45) is 5.92 Å². The van der Waals surface area contributed by atoms with Crippen molar-refractivity contribution in [2.75, 3.05) is 20.2 Å². The lowest BCUT2D eigenvalue weighted by Gasteiger charge is -2.35. The topological polar surface area (TPSA) is 59.5 Å². The summed E-state index contributed by atoms with van der Waals surface area (Å²) in [7, 11) is -2.34. The number of aromatic nitrogens is 1. The Hall–Kier alpha value is -1.05. The molecule has 2 rings (SSSR count). The number of hydrogen-bond donors (Lipinski definition) is 0. The first-order valence-electron chi connectivity index (χ1n) is 6.10. The minimum Gasteiger partial charge on any atom is -0.380 e. The van der Waals surface area contributed by atoms with Gasteiger partial charge in [-0.2, -0.15) is 4.31 Å². The van der Waals surface area contributed by atoms with Crippen LogP contribution in [-0.4, -0.2) is 44.0 Å². The van der Waals surface area contributed by atoms with E-state index in [-0.39, 0.29) is 18.6 Å². The number of nitrogens with zero attached hydrogens (tertiary/aromatic N) is 2. The van der Waals surface area contributed by atoms with Gasteiger partial charge in [0, 0.05) is 26.4 Å². The van der Waals surface area contributed by atoms with Crippen molar-refractivity contribution in [3.8, 4) is 0 Å². The number of halogens is 1. The molecule has 2 heterocycles. The molecule has 1 aromatic rings. The molecule has 0 amide bonds. The highest BCUT2D eigenvalue weighted by molar-refractivity contribution is 7.89. The molecule has 0 radical (unpaired) electrons. The van der Waals surface area contributed by atoms with Gasteiger partial charge in [-0.3, -0.25) is 0 Å². The third-order valence-electron chi connectivity index (χ3n) is 3.46. The van der Waals surface area contributed by atoms with E-state index in [1.165, 1.54) is 16.6 Å². The van der Waals surface area contributed by atoms with Crippen molar-refractivity contribution in [3.05, 3.63) is 24.1 Å². The average molecular weight is 288 g/mol. The zero-order valence-corrected chi connectivity index (χ0v) is 11.7. The second kappa shape index (κ2) is 5.52. The van der Waals surface area contributed by atoms with Crippen molar-refractivity contribution in [3.63, 3.8) is 0 Å². The molecule has 2 atom stereocenters. The highest BCUT2D eigenvalue weighted by Crippen LogP contribution is 2.25. The summed E-state index contributed by atoms with van der Waals surface area (Å²) in [5.74, 6) is -0.542. The molecule has 1 aliphatic rings. The molecule has 0 saturated carbocycles. The van der Waals surface area contributed by atoms with Crippen LogP contribution in [0.15, 0.2) is 23.4 Å². The normalized spacial score (nSPS) is 25.4. The van der Waals surface area contributed by atoms with Crippen molar-refractivity contribution in [1.82, 2.24) is 9.29 Å². The molecule has 106 valence electrons. The van der Waals surface area contributed by atoms with E-state index in [2.05, 4.69) is 4.98 Å². The van der Waals surface area contributed by atoms with Gasteiger partial charge in [0.1, 0.15) is 0 Å². The van der Waals surface area contributed by atoms with Gasteiger partial charge in [-0.1, -0.05) is 6.92 Å². The molecule has 1 aromatic heterocycles. The van der Waals surface area contributed by atoms with Crippen molar-refractivity contribution >= 4 is 10.0 Å². The third kappa shape index (κ3) is 2.77. The van der Waals surface area contributed by atoms with Gasteiger partial charge in [-0.05, 0) is 24.5 Å². The van der Waals surface area contributed by atoms with E-state index in [1.807, 2.05) is 6.92 Å². The fourth-order valence-electron chi connectivity index (χ4n) is 2.21. The summed E-state index contributed by atoms with van der Waals surface area (Å²) in [5.41, 5.74) is 0. The highest BCUT2D eigenvalue weighted by Gasteiger charge is 2.35. The minimum atomic E-state index is -3.89. The Balaban J connectivity index is 2.28. The van der Waals surface area contributed by atoms with E-state index in [9.17, 15) is 12.8 Å². The van der Waals surface area contributed by atoms with Gasteiger partial charge in [-0.15, -0.1) is 0 Å². The van der Waals surface area contributed by atoms with Crippen LogP contribution in [0.3, 0.4) is 0 Å². The quantitative estimate of drug-likeness (QED) is 0.840. The lowest BCUT2D eigenvalue weighted by molar-refractivity contribution is 0.0182. The summed E-state index contributed by atoms with van der Waals surface area (Å²) in [5, 5.41) is -0.514. The van der Waals surface area contributed by atoms with Gasteiger partial charge in [0.15, 0.2) is 5.82 Å². The maximum absolute atomic E-state index is 13.6. The van der Waals surface area contributed by atoms with E-state index < -0.39 is 20.9 Å². The number of piperidine rings is 1. The Morgan fingerprint density at radius 1 is 1.53 bits per heavy atom. The number of hydrogen-bond acceptors (Lipinski definition) is 4. The largest absolute Gasteiger partial charge is 0.380 e. The molecule has 0 spiro atoms. The molecule has 0 bridgehead atoms. The van der Waals surface area contributed by atoms with E-state index in [0.29, 0.717) is 13.0 Å². The zero-order chi connectivity index (χ0) is 14.0. The molecular formula is C12H17FN2O3S. The molecular weight excluding hydrogens is 271 g/mol. The summed E-state index contributed by atoms with van der Waals surface area (Å²) in [6.45, 7) is 2.61. The smallest absolute Gasteiger partial charge is 0.263 e. The Bertz CT molecular complexity index is 550. The van der Waals surface area contributed by atoms with Crippen molar-refractivity contribution in [1.29, 1.82) is 0 Å². The number of ether oxygens (including phenoxy) is 1. The van der Waals surface area contributed by atoms with Crippen LogP contribution in [0, 0.1) is 11.7 Å². The summed E-state index contributed by atoms with van der Waals surface area (Å²) < 4.78 is 44.8. The maximum Gasteiger partial charge on any atom is 0.263 e. The molecule has 0 N–H and O–H groups in total. The van der Waals surface area contributed by atoms with E-state index >= 15 is 0 Å². The van der Waals surface area contributed by atoms with Crippen LogP contribution < -0.4 is 0 Å². The van der Waals surface area contributed by atoms with Crippen molar-refractivity contribution in [2.45, 2.75) is 24.5 Å². The fourth-order valence-corrected chi connectivity index (χ4v) is 3.66. The van der Waals surface area contributed by atoms with Crippen molar-refractivity contribution < 1.29 is 17.5 Å². The monoisotopic (exact) mass is 288 g/mol. The number of pyridine rings is 1. The van der Waals surface area contributed by atoms with Crippen LogP contribution in [0.25, 0.3) is 0 Å². The molecule has 0 aromatic carbocycles. The van der Waals surface area contributed by atoms with Crippen LogP contribution >= 0.6 is 0 Å². The van der Waals surface area contributed by atoms with Crippen LogP contribution in [0.5, 0.6) is 0 Å². The molecule has 0 aliphatic carbocycles. The molecule has 7 heteroatoms. The van der Waals surface area contributed by atoms with E-state index in [4.69, 9.17) is 4.74 Å². The second-order valence-corrected chi connectivity index (χ2v) is 6.55. The standard InChI is InChI=1S/C12H17FN2O3S/c1-9-5-7-15(8-11(9)18-2)19(16,17)12-10(13)4-3-6-14-12/h3-4,6,9,11H,5,7-8H2,1-2H3. The van der Waals surface area contributed by atoms with E-state index in [0.717, 1.165) is 6.07 Å². The zero-order valence-electron chi connectivity index (χ0n) is 10.9. The summed E-state index contributed by atoms with van der Waals surface area (Å²) in [6, 6.07) is 2.46. The van der Waals surface area contributed by atoms with Gasteiger partial charge in [-0.25, -0.2) is 17.8 Å². The fraction of sp³-hybridized carbons (Fsp3) is 0.583. The molecule has 1 fully saturated rings. The summed E-state index contributed by atoms with van der Waals surface area (Å²) in [6.07, 6.45) is 1.79. The van der Waals surface area contributed by atoms with Crippen LogP contribution in [0.1, 0.15) is 13.3 Å². The molecule has 1 aliphatic heterocycles. The highest BCUT2D eigenvalue weighted by atomic mass is 32.2. The summed E-state index contributed by atoms with van der Waals surface area (Å²) >= 11 is 0. The average Bonchev–Trinajstić information content (AvgIpc) is 2.39. The Morgan fingerprint density at radius 3 is 2.89 bits per heavy atom. The number of rotatable bonds is 3. The van der Waals surface area contributed by atoms with Crippen LogP contribution in [-0.2, 0) is 14.8 Å². The van der Waals surface area contributed by atoms with Crippen LogP contribution in [0.2, 0.25) is 0 Å². The number of methoxy groups -OCH3 is 1. The van der Waals surface area contributed by atoms with Gasteiger partial charge in [0.05, 0.1) is 6.10 Å². The first-order valence-corrected chi connectivity index (χ1v) is 7.54. The first-order chi connectivity index (χ1) is 8.96. The molecule has 2 unspecified atom stereocenters. The summed E-state index contributed by atoms with van der Waals surface area (Å²) in [4.78, 5) is 3.65. The lowest BCUT2D eigenvalue weighted by atomic mass is 9.97. The SMILES string of the molecule is COC1CN(S(=O)(=O)c2ncccc2F)CCC1C. The minimum absolute atomic E-state index is 0.171. The molecule has 19 heavy (non-hydrogen) atoms. The predicted octanol–water partition coefficient (Wildman–Crippen LogP) is 1.27. The van der Waals surface area contributed by atoms with Gasteiger partial charge in [0.2, 0.25) is 5.03 Å². The maximum atomic E-state index is 13.6. The van der Waals surface area contributed by atoms with Gasteiger partial charge < -0.3 is 4.74 Å². The van der Waals surface area contributed by atoms with Gasteiger partial charge >= 0.3 is 0 Å². The predicted molar refractivity (Wildman–Crippen MR) is 67.5 cm³/mol. The second-order valence-electron chi connectivity index (χ2n) is 4.69. The van der Waals surface area contributed by atoms with E-state index in [1.54, 1.807) is 7.11 Å².